The van der Waals surface area contributed by atoms with E-state index < -0.39 is 0 Å². The molecule has 149 heavy (non-hydrogen) atoms. The van der Waals surface area contributed by atoms with Crippen molar-refractivity contribution < 1.29 is 0 Å². The smallest absolute Gasteiger partial charge is 0.0462 e. The maximum absolute atomic E-state index is 2.52. The van der Waals surface area contributed by atoms with E-state index in [9.17, 15) is 0 Å². The van der Waals surface area contributed by atoms with Crippen LogP contribution in [0.15, 0.2) is 358 Å². The molecule has 24 fully saturated rings. The van der Waals surface area contributed by atoms with Gasteiger partial charge in [0.05, 0.1) is 0 Å². The highest BCUT2D eigenvalue weighted by molar-refractivity contribution is 5.97. The molecule has 3 heteroatoms. The van der Waals surface area contributed by atoms with Crippen molar-refractivity contribution in [1.82, 2.24) is 0 Å². The van der Waals surface area contributed by atoms with Gasteiger partial charge >= 0.3 is 0 Å². The molecule has 3 nitrogen and oxygen atoms in total. The van der Waals surface area contributed by atoms with Crippen LogP contribution in [0.5, 0.6) is 0 Å². The van der Waals surface area contributed by atoms with Gasteiger partial charge in [-0.2, -0.15) is 0 Å². The third-order valence-corrected chi connectivity index (χ3v) is 44.5. The summed E-state index contributed by atoms with van der Waals surface area (Å²) in [6.45, 7) is 0. The average molecular weight is 1950 g/mol. The second-order valence-corrected chi connectivity index (χ2v) is 54.1. The largest absolute Gasteiger partial charge is 0.311 e. The van der Waals surface area contributed by atoms with E-state index in [0.29, 0.717) is 32.5 Å². The first-order valence-corrected chi connectivity index (χ1v) is 59.7. The van der Waals surface area contributed by atoms with Crippen LogP contribution in [0.3, 0.4) is 0 Å². The molecule has 0 aliphatic heterocycles. The normalized spacial score (nSPS) is 33.4. The molecule has 0 radical (unpaired) electrons. The first-order chi connectivity index (χ1) is 73.2. The molecule has 748 valence electrons. The van der Waals surface area contributed by atoms with Crippen molar-refractivity contribution in [2.45, 2.75) is 264 Å². The lowest BCUT2D eigenvalue weighted by Crippen LogP contribution is -2.48. The van der Waals surface area contributed by atoms with Crippen molar-refractivity contribution in [1.29, 1.82) is 0 Å². The molecule has 24 aliphatic carbocycles. The van der Waals surface area contributed by atoms with Crippen molar-refractivity contribution >= 4 is 72.7 Å². The van der Waals surface area contributed by atoms with E-state index in [1.54, 1.807) is 33.4 Å². The molecular weight excluding hydrogens is 1800 g/mol. The van der Waals surface area contributed by atoms with Gasteiger partial charge in [0, 0.05) is 51.2 Å². The third-order valence-electron chi connectivity index (χ3n) is 44.5. The summed E-state index contributed by atoms with van der Waals surface area (Å²) in [5, 5.41) is 5.20. The van der Waals surface area contributed by atoms with Gasteiger partial charge in [-0.05, 0) is 585 Å². The first-order valence-electron chi connectivity index (χ1n) is 59.7. The van der Waals surface area contributed by atoms with Gasteiger partial charge in [-0.15, -0.1) is 0 Å². The summed E-state index contributed by atoms with van der Waals surface area (Å²) in [5.74, 6) is 17.4. The Kier molecular flexibility index (Phi) is 22.0. The summed E-state index contributed by atoms with van der Waals surface area (Å²) in [5.41, 5.74) is 33.7. The molecule has 15 aromatic carbocycles. The van der Waals surface area contributed by atoms with Crippen LogP contribution in [0.25, 0.3) is 66.1 Å². The minimum absolute atomic E-state index is 0.426. The maximum Gasteiger partial charge on any atom is 0.0462 e. The molecular formula is C146H149N3. The minimum Gasteiger partial charge on any atom is -0.311 e. The fourth-order valence-corrected chi connectivity index (χ4v) is 40.6. The number of rotatable bonds is 19. The van der Waals surface area contributed by atoms with Crippen molar-refractivity contribution in [3.05, 3.63) is 391 Å². The second-order valence-electron chi connectivity index (χ2n) is 54.1. The fourth-order valence-electron chi connectivity index (χ4n) is 40.6. The predicted octanol–water partition coefficient (Wildman–Crippen LogP) is 39.3. The molecule has 0 atom stereocenters. The summed E-state index contributed by atoms with van der Waals surface area (Å²) in [7, 11) is 0. The van der Waals surface area contributed by atoms with E-state index in [4.69, 9.17) is 0 Å². The lowest BCUT2D eigenvalue weighted by molar-refractivity contribution is -0.00531. The van der Waals surface area contributed by atoms with Crippen LogP contribution in [0.1, 0.15) is 265 Å². The van der Waals surface area contributed by atoms with E-state index in [-0.39, 0.29) is 0 Å². The summed E-state index contributed by atoms with van der Waals surface area (Å²) in [6.07, 6.45) is 52.5. The van der Waals surface area contributed by atoms with Crippen LogP contribution in [-0.4, -0.2) is 0 Å². The molecule has 0 heterocycles. The number of nitrogens with zero attached hydrogens (tertiary/aromatic N) is 3. The fraction of sp³-hybridized carbons (Fsp3) is 0.411. The lowest BCUT2D eigenvalue weighted by atomic mass is 9.48. The summed E-state index contributed by atoms with van der Waals surface area (Å²) in [6, 6.07) is 138. The molecule has 0 spiro atoms. The highest BCUT2D eigenvalue weighted by Gasteiger charge is 2.58. The Morgan fingerprint density at radius 1 is 0.134 bits per heavy atom. The second kappa shape index (κ2) is 35.9. The highest BCUT2D eigenvalue weighted by Crippen LogP contribution is 2.69. The average Bonchev–Trinajstić information content (AvgIpc) is 0.743. The Hall–Kier alpha value is -11.8. The van der Waals surface area contributed by atoms with E-state index in [1.165, 1.54) is 348 Å². The van der Waals surface area contributed by atoms with Gasteiger partial charge in [-0.3, -0.25) is 0 Å². The van der Waals surface area contributed by atoms with Crippen LogP contribution >= 0.6 is 0 Å². The molecule has 39 rings (SSSR count). The van der Waals surface area contributed by atoms with E-state index in [1.807, 2.05) is 0 Å². The van der Waals surface area contributed by atoms with E-state index in [2.05, 4.69) is 373 Å². The molecule has 0 saturated heterocycles. The standard InChI is InChI=1S/C50H51N.2C48H49N/c1-2-4-40(5-3-1)41-6-8-42(9-7-41)43-10-16-46(17-11-43)51(47-18-12-44(13-19-47)49-28-34-22-35(29-49)24-36(23-34)30-49)48-20-14-45(15-21-48)50-31-37-25-38(32-50)27-39(26-37)33-50;1-2-6-45-38(4-1)5-3-7-46(45)39-8-14-42(15-9-39)49(43-16-10-40(11-17-43)47-26-32-20-33(27-47)22-34(21-32)28-47)44-18-12-41(13-19-44)48-29-35-23-36(30-48)25-37(24-35)31-48;1-2-4-40-25-41(6-5-38(40)3-1)39-7-13-44(14-8-39)49(45-15-9-42(10-16-45)47-26-32-19-33(27-47)21-34(20-32)28-47)46-17-11-43(12-18-46)48-29-35-22-36(30-48)24-37(23-35)31-48/h1-21,34-39H,22-33H2;1-19,32-37H,20-31H2;1-18,25,32-37H,19-24,26-31H2. The number of benzene rings is 15. The zero-order chi connectivity index (χ0) is 97.9. The number of hydrogen-bond donors (Lipinski definition) is 0. The zero-order valence-electron chi connectivity index (χ0n) is 87.8. The van der Waals surface area contributed by atoms with Crippen molar-refractivity contribution in [2.75, 3.05) is 14.7 Å². The van der Waals surface area contributed by atoms with Gasteiger partial charge in [-0.25, -0.2) is 0 Å². The SMILES string of the molecule is c1ccc(-c2ccc(-c3ccc(N(c4ccc(C56CC7CC(CC(C7)C5)C6)cc4)c4ccc(C56CC7CC(CC(C7)C5)C6)cc4)cc3)cc2)cc1.c1ccc2c(-c3ccc(N(c4ccc(C56CC7CC(CC(C7)C5)C6)cc4)c4ccc(C56CC7CC(CC(C7)C5)C6)cc4)cc3)cccc2c1.c1ccc2cc(-c3ccc(N(c4ccc(C56CC7CC(CC(C7)C5)C6)cc4)c4ccc(C56CC7CC(CC(C7)C5)C6)cc4)cc3)ccc2c1. The van der Waals surface area contributed by atoms with Crippen LogP contribution in [0.4, 0.5) is 51.2 Å². The molecule has 15 aromatic rings. The Balaban J connectivity index is 0.000000101. The molecule has 24 aliphatic rings. The van der Waals surface area contributed by atoms with Crippen molar-refractivity contribution in [3.8, 4) is 44.5 Å². The number of hydrogen-bond acceptors (Lipinski definition) is 3. The van der Waals surface area contributed by atoms with Crippen molar-refractivity contribution in [3.63, 3.8) is 0 Å². The van der Waals surface area contributed by atoms with Crippen LogP contribution < -0.4 is 14.7 Å². The van der Waals surface area contributed by atoms with Gasteiger partial charge in [0.25, 0.3) is 0 Å². The summed E-state index contributed by atoms with van der Waals surface area (Å²) in [4.78, 5) is 7.53. The minimum atomic E-state index is 0.426. The zero-order valence-corrected chi connectivity index (χ0v) is 87.8. The molecule has 24 bridgehead atoms. The van der Waals surface area contributed by atoms with E-state index >= 15 is 0 Å². The predicted molar refractivity (Wildman–Crippen MR) is 619 cm³/mol. The number of anilines is 9. The van der Waals surface area contributed by atoms with Crippen LogP contribution in [-0.2, 0) is 32.5 Å². The van der Waals surface area contributed by atoms with Gasteiger partial charge in [0.2, 0.25) is 0 Å². The maximum atomic E-state index is 2.52. The molecule has 24 saturated carbocycles. The molecule has 0 aromatic heterocycles. The third kappa shape index (κ3) is 16.4. The van der Waals surface area contributed by atoms with E-state index in [0.717, 1.165) is 107 Å². The van der Waals surface area contributed by atoms with Crippen LogP contribution in [0.2, 0.25) is 0 Å². The first kappa shape index (κ1) is 91.1. The van der Waals surface area contributed by atoms with Crippen LogP contribution in [0, 0.1) is 107 Å². The Labute approximate surface area is 887 Å². The lowest BCUT2D eigenvalue weighted by Gasteiger charge is -2.57. The van der Waals surface area contributed by atoms with Gasteiger partial charge in [0.1, 0.15) is 0 Å². The monoisotopic (exact) mass is 1940 g/mol. The quantitative estimate of drug-likeness (QED) is 0.0799. The van der Waals surface area contributed by atoms with Gasteiger partial charge < -0.3 is 14.7 Å². The molecule has 0 N–H and O–H groups in total. The summed E-state index contributed by atoms with van der Waals surface area (Å²) >= 11 is 0. The Morgan fingerprint density at radius 3 is 0.570 bits per heavy atom. The summed E-state index contributed by atoms with van der Waals surface area (Å²) < 4.78 is 0. The molecule has 0 unspecified atom stereocenters. The van der Waals surface area contributed by atoms with Crippen molar-refractivity contribution in [2.24, 2.45) is 107 Å². The number of fused-ring (bicyclic) bond motifs is 2. The van der Waals surface area contributed by atoms with Gasteiger partial charge in [0.15, 0.2) is 0 Å². The highest BCUT2D eigenvalue weighted by atomic mass is 15.2. The molecule has 0 amide bonds. The van der Waals surface area contributed by atoms with Gasteiger partial charge in [-0.1, -0.05) is 243 Å². The topological polar surface area (TPSA) is 9.72 Å². The Morgan fingerprint density at radius 2 is 0.315 bits per heavy atom. The Bertz CT molecular complexity index is 6990.